The molecule has 1 aliphatic rings. The zero-order valence-corrected chi connectivity index (χ0v) is 22.2. The van der Waals surface area contributed by atoms with Gasteiger partial charge in [0, 0.05) is 30.7 Å². The van der Waals surface area contributed by atoms with Crippen LogP contribution in [0.4, 0.5) is 17.2 Å². The van der Waals surface area contributed by atoms with Crippen LogP contribution < -0.4 is 19.9 Å². The van der Waals surface area contributed by atoms with Crippen molar-refractivity contribution in [2.75, 3.05) is 48.4 Å². The van der Waals surface area contributed by atoms with Gasteiger partial charge in [0.15, 0.2) is 0 Å². The van der Waals surface area contributed by atoms with E-state index in [1.54, 1.807) is 13.4 Å². The SMILES string of the molecule is COc1ccccc1N1CCN(c2ncnc3sc(C(=O)Nc4ccc(C)cc4Br)c(C)c23)CC1. The molecule has 1 aliphatic heterocycles. The van der Waals surface area contributed by atoms with Crippen molar-refractivity contribution in [3.63, 3.8) is 0 Å². The number of methoxy groups -OCH3 is 1. The number of nitrogens with zero attached hydrogens (tertiary/aromatic N) is 4. The van der Waals surface area contributed by atoms with Crippen molar-refractivity contribution in [3.8, 4) is 5.75 Å². The Morgan fingerprint density at radius 1 is 1.06 bits per heavy atom. The zero-order chi connectivity index (χ0) is 24.5. The van der Waals surface area contributed by atoms with E-state index in [9.17, 15) is 4.79 Å². The monoisotopic (exact) mass is 551 g/mol. The third-order valence-corrected chi connectivity index (χ3v) is 8.15. The summed E-state index contributed by atoms with van der Waals surface area (Å²) in [6, 6.07) is 14.0. The first-order valence-corrected chi connectivity index (χ1v) is 13.0. The summed E-state index contributed by atoms with van der Waals surface area (Å²) in [6.45, 7) is 7.33. The second-order valence-corrected chi connectivity index (χ2v) is 10.4. The zero-order valence-electron chi connectivity index (χ0n) is 19.8. The quantitative estimate of drug-likeness (QED) is 0.345. The van der Waals surface area contributed by atoms with Crippen LogP contribution >= 0.6 is 27.3 Å². The Balaban J connectivity index is 1.39. The maximum atomic E-state index is 13.2. The Bertz CT molecular complexity index is 1400. The Hall–Kier alpha value is -3.17. The first-order valence-electron chi connectivity index (χ1n) is 11.4. The lowest BCUT2D eigenvalue weighted by atomic mass is 10.1. The van der Waals surface area contributed by atoms with E-state index < -0.39 is 0 Å². The predicted molar refractivity (Wildman–Crippen MR) is 146 cm³/mol. The van der Waals surface area contributed by atoms with E-state index in [-0.39, 0.29) is 5.91 Å². The van der Waals surface area contributed by atoms with Gasteiger partial charge in [0.05, 0.1) is 28.7 Å². The Morgan fingerprint density at radius 3 is 2.54 bits per heavy atom. The van der Waals surface area contributed by atoms with Gasteiger partial charge in [-0.25, -0.2) is 9.97 Å². The van der Waals surface area contributed by atoms with Crippen LogP contribution in [0.15, 0.2) is 53.3 Å². The van der Waals surface area contributed by atoms with Crippen LogP contribution in [0.25, 0.3) is 10.2 Å². The van der Waals surface area contributed by atoms with Crippen LogP contribution in [0.5, 0.6) is 5.75 Å². The molecule has 180 valence electrons. The number of anilines is 3. The number of para-hydroxylation sites is 2. The molecule has 5 rings (SSSR count). The van der Waals surface area contributed by atoms with E-state index in [4.69, 9.17) is 4.74 Å². The van der Waals surface area contributed by atoms with Crippen molar-refractivity contribution < 1.29 is 9.53 Å². The lowest BCUT2D eigenvalue weighted by Crippen LogP contribution is -2.47. The van der Waals surface area contributed by atoms with Gasteiger partial charge in [-0.15, -0.1) is 11.3 Å². The van der Waals surface area contributed by atoms with Crippen molar-refractivity contribution in [2.24, 2.45) is 0 Å². The van der Waals surface area contributed by atoms with Gasteiger partial charge in [-0.1, -0.05) is 18.2 Å². The fraction of sp³-hybridized carbons (Fsp3) is 0.269. The van der Waals surface area contributed by atoms with Crippen molar-refractivity contribution in [1.29, 1.82) is 0 Å². The van der Waals surface area contributed by atoms with Crippen LogP contribution in [0.2, 0.25) is 0 Å². The third kappa shape index (κ3) is 4.58. The number of aromatic nitrogens is 2. The molecule has 2 aromatic heterocycles. The number of carbonyl (C=O) groups is 1. The van der Waals surface area contributed by atoms with Gasteiger partial charge in [-0.05, 0) is 65.2 Å². The molecule has 0 saturated carbocycles. The molecule has 4 aromatic rings. The molecule has 9 heteroatoms. The molecule has 35 heavy (non-hydrogen) atoms. The highest BCUT2D eigenvalue weighted by molar-refractivity contribution is 9.10. The fourth-order valence-electron chi connectivity index (χ4n) is 4.46. The number of benzene rings is 2. The number of halogens is 1. The third-order valence-electron chi connectivity index (χ3n) is 6.29. The van der Waals surface area contributed by atoms with E-state index in [1.807, 2.05) is 50.2 Å². The average Bonchev–Trinajstić information content (AvgIpc) is 3.22. The number of fused-ring (bicyclic) bond motifs is 1. The first-order chi connectivity index (χ1) is 17.0. The maximum Gasteiger partial charge on any atom is 0.266 e. The normalized spacial score (nSPS) is 13.8. The lowest BCUT2D eigenvalue weighted by Gasteiger charge is -2.37. The summed E-state index contributed by atoms with van der Waals surface area (Å²) in [5.74, 6) is 1.64. The molecule has 2 aromatic carbocycles. The van der Waals surface area contributed by atoms with Gasteiger partial charge in [-0.2, -0.15) is 0 Å². The highest BCUT2D eigenvalue weighted by Crippen LogP contribution is 2.37. The summed E-state index contributed by atoms with van der Waals surface area (Å²) in [6.07, 6.45) is 1.60. The number of ether oxygens (including phenoxy) is 1. The van der Waals surface area contributed by atoms with Gasteiger partial charge >= 0.3 is 0 Å². The van der Waals surface area contributed by atoms with Crippen molar-refractivity contribution >= 4 is 60.6 Å². The van der Waals surface area contributed by atoms with E-state index >= 15 is 0 Å². The fourth-order valence-corrected chi connectivity index (χ4v) is 6.09. The minimum Gasteiger partial charge on any atom is -0.495 e. The number of nitrogens with one attached hydrogen (secondary N) is 1. The smallest absolute Gasteiger partial charge is 0.266 e. The van der Waals surface area contributed by atoms with E-state index in [1.165, 1.54) is 11.3 Å². The van der Waals surface area contributed by atoms with Crippen LogP contribution in [0.1, 0.15) is 20.8 Å². The number of hydrogen-bond donors (Lipinski definition) is 1. The Kier molecular flexibility index (Phi) is 6.62. The number of piperazine rings is 1. The molecule has 0 spiro atoms. The predicted octanol–water partition coefficient (Wildman–Crippen LogP) is 5.66. The van der Waals surface area contributed by atoms with Gasteiger partial charge in [0.25, 0.3) is 5.91 Å². The standard InChI is InChI=1S/C26H26BrN5O2S/c1-16-8-9-19(18(27)14-16)30-25(33)23-17(2)22-24(28-15-29-26(22)35-23)32-12-10-31(11-13-32)20-6-4-5-7-21(20)34-3/h4-9,14-15H,10-13H2,1-3H3,(H,30,33). The molecule has 1 N–H and O–H groups in total. The molecule has 0 unspecified atom stereocenters. The molecule has 1 amide bonds. The van der Waals surface area contributed by atoms with Crippen LogP contribution in [-0.2, 0) is 0 Å². The highest BCUT2D eigenvalue weighted by Gasteiger charge is 2.25. The number of amides is 1. The first kappa shape index (κ1) is 23.6. The summed E-state index contributed by atoms with van der Waals surface area (Å²) in [5, 5.41) is 3.99. The molecule has 0 radical (unpaired) electrons. The molecular weight excluding hydrogens is 526 g/mol. The molecule has 0 atom stereocenters. The van der Waals surface area contributed by atoms with E-state index in [0.717, 1.165) is 74.9 Å². The molecular formula is C26H26BrN5O2S. The van der Waals surface area contributed by atoms with Gasteiger partial charge in [-0.3, -0.25) is 4.79 Å². The topological polar surface area (TPSA) is 70.6 Å². The molecule has 7 nitrogen and oxygen atoms in total. The minimum absolute atomic E-state index is 0.137. The van der Waals surface area contributed by atoms with Crippen LogP contribution in [0.3, 0.4) is 0 Å². The average molecular weight is 552 g/mol. The molecule has 3 heterocycles. The van der Waals surface area contributed by atoms with Gasteiger partial charge < -0.3 is 19.9 Å². The summed E-state index contributed by atoms with van der Waals surface area (Å²) < 4.78 is 6.41. The van der Waals surface area contributed by atoms with E-state index in [2.05, 4.69) is 47.1 Å². The molecule has 1 fully saturated rings. The molecule has 1 saturated heterocycles. The summed E-state index contributed by atoms with van der Waals surface area (Å²) in [5.41, 5.74) is 3.89. The second-order valence-electron chi connectivity index (χ2n) is 8.52. The van der Waals surface area contributed by atoms with Gasteiger partial charge in [0.2, 0.25) is 0 Å². The van der Waals surface area contributed by atoms with Crippen molar-refractivity contribution in [2.45, 2.75) is 13.8 Å². The second kappa shape index (κ2) is 9.83. The minimum atomic E-state index is -0.137. The summed E-state index contributed by atoms with van der Waals surface area (Å²) in [7, 11) is 1.71. The number of thiophene rings is 1. The molecule has 0 bridgehead atoms. The number of rotatable bonds is 5. The number of hydrogen-bond acceptors (Lipinski definition) is 7. The number of aryl methyl sites for hydroxylation is 2. The van der Waals surface area contributed by atoms with Gasteiger partial charge in [0.1, 0.15) is 22.7 Å². The molecule has 0 aliphatic carbocycles. The Morgan fingerprint density at radius 2 is 1.80 bits per heavy atom. The van der Waals surface area contributed by atoms with E-state index in [0.29, 0.717) is 4.88 Å². The van der Waals surface area contributed by atoms with Crippen LogP contribution in [0, 0.1) is 13.8 Å². The highest BCUT2D eigenvalue weighted by atomic mass is 79.9. The van der Waals surface area contributed by atoms with Crippen LogP contribution in [-0.4, -0.2) is 49.2 Å². The number of carbonyl (C=O) groups excluding carboxylic acids is 1. The summed E-state index contributed by atoms with van der Waals surface area (Å²) in [4.78, 5) is 28.4. The Labute approximate surface area is 216 Å². The summed E-state index contributed by atoms with van der Waals surface area (Å²) >= 11 is 4.95. The maximum absolute atomic E-state index is 13.2. The largest absolute Gasteiger partial charge is 0.495 e. The van der Waals surface area contributed by atoms with Crippen molar-refractivity contribution in [3.05, 3.63) is 69.3 Å². The van der Waals surface area contributed by atoms with Crippen molar-refractivity contribution in [1.82, 2.24) is 9.97 Å². The lowest BCUT2D eigenvalue weighted by molar-refractivity contribution is 0.103.